The molecular weight excluding hydrogens is 350 g/mol. The first kappa shape index (κ1) is 21.0. The zero-order valence-electron chi connectivity index (χ0n) is 13.7. The molecule has 25 heavy (non-hydrogen) atoms. The maximum atomic E-state index is 13.8. The van der Waals surface area contributed by atoms with E-state index in [0.717, 1.165) is 12.1 Å². The molecule has 0 saturated heterocycles. The molecular formula is C15H19F4NO5. The van der Waals surface area contributed by atoms with Gasteiger partial charge in [-0.3, -0.25) is 0 Å². The molecule has 0 heterocycles. The SMILES string of the molecule is CC(C)(C)OC(=O)NCC(O)C(O)c1ccc(OC(F)(F)F)cc1F. The summed E-state index contributed by atoms with van der Waals surface area (Å²) in [5.74, 6) is -2.01. The van der Waals surface area contributed by atoms with Crippen molar-refractivity contribution in [1.82, 2.24) is 5.32 Å². The number of rotatable bonds is 5. The van der Waals surface area contributed by atoms with Crippen LogP contribution in [0.4, 0.5) is 22.4 Å². The molecule has 0 fully saturated rings. The van der Waals surface area contributed by atoms with Gasteiger partial charge in [0.05, 0.1) is 0 Å². The Morgan fingerprint density at radius 1 is 1.24 bits per heavy atom. The molecule has 3 N–H and O–H groups in total. The molecule has 0 aliphatic heterocycles. The second-order valence-corrected chi connectivity index (χ2v) is 6.13. The van der Waals surface area contributed by atoms with Crippen molar-refractivity contribution in [2.24, 2.45) is 0 Å². The van der Waals surface area contributed by atoms with Crippen LogP contribution in [-0.4, -0.2) is 40.9 Å². The number of halogens is 4. The zero-order chi connectivity index (χ0) is 19.4. The Bertz CT molecular complexity index is 601. The second-order valence-electron chi connectivity index (χ2n) is 6.13. The lowest BCUT2D eigenvalue weighted by molar-refractivity contribution is -0.274. The van der Waals surface area contributed by atoms with Gasteiger partial charge in [0.25, 0.3) is 0 Å². The van der Waals surface area contributed by atoms with E-state index in [-0.39, 0.29) is 0 Å². The van der Waals surface area contributed by atoms with Crippen molar-refractivity contribution in [2.75, 3.05) is 6.54 Å². The Kier molecular flexibility index (Phi) is 6.61. The van der Waals surface area contributed by atoms with Gasteiger partial charge in [-0.1, -0.05) is 0 Å². The van der Waals surface area contributed by atoms with Gasteiger partial charge < -0.3 is 25.0 Å². The molecule has 0 radical (unpaired) electrons. The van der Waals surface area contributed by atoms with Crippen molar-refractivity contribution >= 4 is 6.09 Å². The number of carbonyl (C=O) groups is 1. The van der Waals surface area contributed by atoms with Gasteiger partial charge in [0.2, 0.25) is 0 Å². The predicted molar refractivity (Wildman–Crippen MR) is 78.3 cm³/mol. The van der Waals surface area contributed by atoms with Crippen LogP contribution in [0.25, 0.3) is 0 Å². The third-order valence-electron chi connectivity index (χ3n) is 2.74. The van der Waals surface area contributed by atoms with Gasteiger partial charge in [0.15, 0.2) is 0 Å². The number of alkyl halides is 3. The fourth-order valence-electron chi connectivity index (χ4n) is 1.77. The molecule has 1 aromatic carbocycles. The molecule has 1 aromatic rings. The monoisotopic (exact) mass is 369 g/mol. The number of hydrogen-bond acceptors (Lipinski definition) is 5. The Labute approximate surface area is 141 Å². The summed E-state index contributed by atoms with van der Waals surface area (Å²) in [6.07, 6.45) is -9.23. The molecule has 0 spiro atoms. The number of alkyl carbamates (subject to hydrolysis) is 1. The van der Waals surface area contributed by atoms with E-state index in [2.05, 4.69) is 10.1 Å². The molecule has 0 bridgehead atoms. The number of benzene rings is 1. The largest absolute Gasteiger partial charge is 0.573 e. The number of ether oxygens (including phenoxy) is 2. The number of hydrogen-bond donors (Lipinski definition) is 3. The summed E-state index contributed by atoms with van der Waals surface area (Å²) in [4.78, 5) is 11.4. The molecule has 1 amide bonds. The fraction of sp³-hybridized carbons (Fsp3) is 0.533. The summed E-state index contributed by atoms with van der Waals surface area (Å²) in [7, 11) is 0. The van der Waals surface area contributed by atoms with Crippen molar-refractivity contribution in [3.8, 4) is 5.75 Å². The number of amides is 1. The fourth-order valence-corrected chi connectivity index (χ4v) is 1.77. The van der Waals surface area contributed by atoms with Crippen LogP contribution < -0.4 is 10.1 Å². The van der Waals surface area contributed by atoms with Crippen LogP contribution in [0.5, 0.6) is 5.75 Å². The first-order valence-electron chi connectivity index (χ1n) is 7.16. The van der Waals surface area contributed by atoms with E-state index in [1.54, 1.807) is 20.8 Å². The maximum Gasteiger partial charge on any atom is 0.573 e. The normalized spacial score (nSPS) is 14.6. The van der Waals surface area contributed by atoms with Crippen LogP contribution in [-0.2, 0) is 4.74 Å². The minimum atomic E-state index is -4.98. The summed E-state index contributed by atoms with van der Waals surface area (Å²) < 4.78 is 58.5. The number of aliphatic hydroxyl groups is 2. The lowest BCUT2D eigenvalue weighted by Gasteiger charge is -2.22. The van der Waals surface area contributed by atoms with E-state index < -0.39 is 53.9 Å². The van der Waals surface area contributed by atoms with E-state index in [0.29, 0.717) is 6.07 Å². The lowest BCUT2D eigenvalue weighted by Crippen LogP contribution is -2.39. The smallest absolute Gasteiger partial charge is 0.444 e. The van der Waals surface area contributed by atoms with Crippen LogP contribution in [0.2, 0.25) is 0 Å². The minimum absolute atomic E-state index is 0.431. The van der Waals surface area contributed by atoms with E-state index >= 15 is 0 Å². The van der Waals surface area contributed by atoms with Crippen molar-refractivity contribution in [1.29, 1.82) is 0 Å². The van der Waals surface area contributed by atoms with Gasteiger partial charge in [-0.25, -0.2) is 9.18 Å². The quantitative estimate of drug-likeness (QED) is 0.695. The van der Waals surface area contributed by atoms with Crippen molar-refractivity contribution < 1.29 is 42.0 Å². The highest BCUT2D eigenvalue weighted by Crippen LogP contribution is 2.27. The van der Waals surface area contributed by atoms with Crippen LogP contribution in [0.15, 0.2) is 18.2 Å². The molecule has 2 atom stereocenters. The summed E-state index contributed by atoms with van der Waals surface area (Å²) in [5.41, 5.74) is -1.22. The van der Waals surface area contributed by atoms with Gasteiger partial charge in [-0.2, -0.15) is 0 Å². The number of aliphatic hydroxyl groups excluding tert-OH is 2. The van der Waals surface area contributed by atoms with E-state index in [1.807, 2.05) is 0 Å². The van der Waals surface area contributed by atoms with E-state index in [1.165, 1.54) is 0 Å². The highest BCUT2D eigenvalue weighted by molar-refractivity contribution is 5.67. The summed E-state index contributed by atoms with van der Waals surface area (Å²) in [6.45, 7) is 4.41. The van der Waals surface area contributed by atoms with Crippen LogP contribution in [0.3, 0.4) is 0 Å². The lowest BCUT2D eigenvalue weighted by atomic mass is 10.0. The average molecular weight is 369 g/mol. The molecule has 0 saturated carbocycles. The summed E-state index contributed by atoms with van der Waals surface area (Å²) in [5, 5.41) is 21.9. The summed E-state index contributed by atoms with van der Waals surface area (Å²) >= 11 is 0. The number of carbonyl (C=O) groups excluding carboxylic acids is 1. The number of nitrogens with one attached hydrogen (secondary N) is 1. The van der Waals surface area contributed by atoms with Crippen molar-refractivity contribution in [2.45, 2.75) is 44.9 Å². The predicted octanol–water partition coefficient (Wildman–Crippen LogP) is 2.64. The zero-order valence-corrected chi connectivity index (χ0v) is 13.7. The first-order chi connectivity index (χ1) is 11.3. The molecule has 0 aliphatic carbocycles. The molecule has 6 nitrogen and oxygen atoms in total. The third kappa shape index (κ3) is 7.57. The highest BCUT2D eigenvalue weighted by atomic mass is 19.4. The standard InChI is InChI=1S/C15H19F4NO5/c1-14(2,3)25-13(23)20-7-11(21)12(22)9-5-4-8(6-10(9)16)24-15(17,18)19/h4-6,11-12,21-22H,7H2,1-3H3,(H,20,23). The molecule has 2 unspecified atom stereocenters. The van der Waals surface area contributed by atoms with E-state index in [9.17, 15) is 32.6 Å². The van der Waals surface area contributed by atoms with Gasteiger partial charge in [0, 0.05) is 18.2 Å². The second kappa shape index (κ2) is 7.87. The molecule has 0 aromatic heterocycles. The topological polar surface area (TPSA) is 88.0 Å². The molecule has 0 aliphatic rings. The molecule has 142 valence electrons. The van der Waals surface area contributed by atoms with Crippen LogP contribution in [0, 0.1) is 5.82 Å². The average Bonchev–Trinajstić information content (AvgIpc) is 2.40. The Balaban J connectivity index is 2.69. The molecule has 10 heteroatoms. The Morgan fingerprint density at radius 2 is 1.84 bits per heavy atom. The van der Waals surface area contributed by atoms with Gasteiger partial charge in [-0.15, -0.1) is 13.2 Å². The Morgan fingerprint density at radius 3 is 2.32 bits per heavy atom. The minimum Gasteiger partial charge on any atom is -0.444 e. The van der Waals surface area contributed by atoms with Gasteiger partial charge >= 0.3 is 12.5 Å². The van der Waals surface area contributed by atoms with E-state index in [4.69, 9.17) is 4.74 Å². The van der Waals surface area contributed by atoms with Gasteiger partial charge in [-0.05, 0) is 32.9 Å². The third-order valence-corrected chi connectivity index (χ3v) is 2.74. The maximum absolute atomic E-state index is 13.8. The highest BCUT2D eigenvalue weighted by Gasteiger charge is 2.32. The van der Waals surface area contributed by atoms with Crippen molar-refractivity contribution in [3.05, 3.63) is 29.6 Å². The van der Waals surface area contributed by atoms with Crippen molar-refractivity contribution in [3.63, 3.8) is 0 Å². The van der Waals surface area contributed by atoms with Gasteiger partial charge in [0.1, 0.15) is 29.4 Å². The Hall–Kier alpha value is -2.07. The van der Waals surface area contributed by atoms with Crippen LogP contribution >= 0.6 is 0 Å². The first-order valence-corrected chi connectivity index (χ1v) is 7.16. The summed E-state index contributed by atoms with van der Waals surface area (Å²) in [6, 6.07) is 2.07. The van der Waals surface area contributed by atoms with Crippen LogP contribution in [0.1, 0.15) is 32.4 Å². The molecule has 1 rings (SSSR count).